The van der Waals surface area contributed by atoms with Crippen LogP contribution in [0, 0.1) is 6.92 Å². The average Bonchev–Trinajstić information content (AvgIpc) is 2.92. The van der Waals surface area contributed by atoms with Gasteiger partial charge in [0.2, 0.25) is 0 Å². The van der Waals surface area contributed by atoms with Crippen molar-refractivity contribution in [2.24, 2.45) is 0 Å². The third kappa shape index (κ3) is 3.41. The van der Waals surface area contributed by atoms with Crippen LogP contribution in [-0.2, 0) is 0 Å². The van der Waals surface area contributed by atoms with Crippen LogP contribution in [0.15, 0.2) is 30.5 Å². The van der Waals surface area contributed by atoms with Crippen molar-refractivity contribution in [1.29, 1.82) is 0 Å². The number of halogens is 1. The summed E-state index contributed by atoms with van der Waals surface area (Å²) in [6.07, 6.45) is 4.44. The molecule has 1 fully saturated rings. The highest BCUT2D eigenvalue weighted by molar-refractivity contribution is 6.32. The van der Waals surface area contributed by atoms with Gasteiger partial charge in [-0.2, -0.15) is 5.10 Å². The lowest BCUT2D eigenvalue weighted by Gasteiger charge is -2.26. The lowest BCUT2D eigenvalue weighted by Crippen LogP contribution is -2.38. The van der Waals surface area contributed by atoms with Crippen LogP contribution in [0.4, 0.5) is 0 Å². The van der Waals surface area contributed by atoms with Gasteiger partial charge >= 0.3 is 0 Å². The van der Waals surface area contributed by atoms with Gasteiger partial charge in [-0.05, 0) is 44.7 Å². The van der Waals surface area contributed by atoms with E-state index in [2.05, 4.69) is 10.4 Å². The van der Waals surface area contributed by atoms with E-state index in [0.29, 0.717) is 10.6 Å². The van der Waals surface area contributed by atoms with Gasteiger partial charge in [-0.3, -0.25) is 4.79 Å². The Morgan fingerprint density at radius 2 is 2.00 bits per heavy atom. The Kier molecular flexibility index (Phi) is 4.68. The van der Waals surface area contributed by atoms with Crippen LogP contribution in [0.3, 0.4) is 0 Å². The number of nitrogens with zero attached hydrogens (tertiary/aromatic N) is 2. The molecular weight excluding hydrogens is 314 g/mol. The number of benzene rings is 1. The van der Waals surface area contributed by atoms with Crippen molar-refractivity contribution >= 4 is 17.5 Å². The van der Waals surface area contributed by atoms with E-state index < -0.39 is 0 Å². The molecule has 6 heteroatoms. The Morgan fingerprint density at radius 1 is 1.30 bits per heavy atom. The minimum absolute atomic E-state index is 0.119. The van der Waals surface area contributed by atoms with Crippen LogP contribution in [0.1, 0.15) is 41.7 Å². The van der Waals surface area contributed by atoms with E-state index in [-0.39, 0.29) is 18.1 Å². The summed E-state index contributed by atoms with van der Waals surface area (Å²) < 4.78 is 1.68. The summed E-state index contributed by atoms with van der Waals surface area (Å²) in [5.74, 6) is -0.123. The molecule has 1 saturated carbocycles. The smallest absolute Gasteiger partial charge is 0.254 e. The average molecular weight is 334 g/mol. The van der Waals surface area contributed by atoms with Gasteiger partial charge in [0.25, 0.3) is 5.91 Å². The predicted octanol–water partition coefficient (Wildman–Crippen LogP) is 2.87. The van der Waals surface area contributed by atoms with E-state index in [1.165, 1.54) is 0 Å². The van der Waals surface area contributed by atoms with Crippen molar-refractivity contribution in [3.8, 4) is 5.69 Å². The summed E-state index contributed by atoms with van der Waals surface area (Å²) in [5, 5.41) is 17.5. The summed E-state index contributed by atoms with van der Waals surface area (Å²) in [7, 11) is 0. The molecule has 2 aromatic rings. The quantitative estimate of drug-likeness (QED) is 0.907. The molecule has 1 aliphatic rings. The van der Waals surface area contributed by atoms with Gasteiger partial charge in [-0.25, -0.2) is 4.68 Å². The minimum Gasteiger partial charge on any atom is -0.393 e. The summed E-state index contributed by atoms with van der Waals surface area (Å²) in [4.78, 5) is 12.5. The normalized spacial score (nSPS) is 21.2. The minimum atomic E-state index is -0.229. The number of rotatable bonds is 3. The molecule has 0 spiro atoms. The number of hydrogen-bond donors (Lipinski definition) is 2. The van der Waals surface area contributed by atoms with Crippen LogP contribution in [0.25, 0.3) is 5.69 Å². The van der Waals surface area contributed by atoms with Crippen molar-refractivity contribution < 1.29 is 9.90 Å². The van der Waals surface area contributed by atoms with Gasteiger partial charge in [0.15, 0.2) is 0 Å². The van der Waals surface area contributed by atoms with Crippen LogP contribution in [0.5, 0.6) is 0 Å². The molecule has 1 heterocycles. The summed E-state index contributed by atoms with van der Waals surface area (Å²) in [5.41, 5.74) is 2.06. The molecule has 2 N–H and O–H groups in total. The molecule has 5 nitrogen and oxygen atoms in total. The molecule has 122 valence electrons. The third-order valence-corrected chi connectivity index (χ3v) is 4.69. The highest BCUT2D eigenvalue weighted by Crippen LogP contribution is 2.23. The molecule has 0 aliphatic heterocycles. The van der Waals surface area contributed by atoms with Gasteiger partial charge in [0.05, 0.1) is 34.3 Å². The summed E-state index contributed by atoms with van der Waals surface area (Å²) in [6.45, 7) is 1.86. The molecule has 1 aromatic carbocycles. The maximum atomic E-state index is 12.5. The first kappa shape index (κ1) is 16.0. The van der Waals surface area contributed by atoms with E-state index in [1.54, 1.807) is 16.9 Å². The van der Waals surface area contributed by atoms with Gasteiger partial charge in [0.1, 0.15) is 0 Å². The SMILES string of the molecule is Cc1c(C(=O)NC2CCC(O)CC2)cnn1-c1ccccc1Cl. The molecule has 1 aliphatic carbocycles. The largest absolute Gasteiger partial charge is 0.393 e. The van der Waals surface area contributed by atoms with Crippen LogP contribution < -0.4 is 5.32 Å². The zero-order chi connectivity index (χ0) is 16.4. The van der Waals surface area contributed by atoms with E-state index in [4.69, 9.17) is 11.6 Å². The maximum Gasteiger partial charge on any atom is 0.254 e. The lowest BCUT2D eigenvalue weighted by atomic mass is 9.93. The molecule has 0 atom stereocenters. The lowest BCUT2D eigenvalue weighted by molar-refractivity contribution is 0.0867. The standard InChI is InChI=1S/C17H20ClN3O2/c1-11-14(17(23)20-12-6-8-13(22)9-7-12)10-19-21(11)16-5-3-2-4-15(16)18/h2-5,10,12-13,22H,6-9H2,1H3,(H,20,23). The summed E-state index contributed by atoms with van der Waals surface area (Å²) in [6, 6.07) is 7.52. The number of para-hydroxylation sites is 1. The zero-order valence-electron chi connectivity index (χ0n) is 13.0. The molecule has 23 heavy (non-hydrogen) atoms. The number of nitrogens with one attached hydrogen (secondary N) is 1. The molecule has 0 saturated heterocycles. The first-order valence-electron chi connectivity index (χ1n) is 7.84. The van der Waals surface area contributed by atoms with Crippen molar-refractivity contribution in [3.05, 3.63) is 46.7 Å². The van der Waals surface area contributed by atoms with Gasteiger partial charge in [-0.15, -0.1) is 0 Å². The second-order valence-electron chi connectivity index (χ2n) is 5.99. The number of carbonyl (C=O) groups excluding carboxylic acids is 1. The second kappa shape index (κ2) is 6.72. The van der Waals surface area contributed by atoms with E-state index in [9.17, 15) is 9.90 Å². The fourth-order valence-corrected chi connectivity index (χ4v) is 3.20. The van der Waals surface area contributed by atoms with E-state index in [0.717, 1.165) is 37.1 Å². The van der Waals surface area contributed by atoms with Crippen molar-refractivity contribution in [3.63, 3.8) is 0 Å². The van der Waals surface area contributed by atoms with E-state index in [1.807, 2.05) is 25.1 Å². The molecule has 1 amide bonds. The fourth-order valence-electron chi connectivity index (χ4n) is 2.98. The first-order valence-corrected chi connectivity index (χ1v) is 8.22. The van der Waals surface area contributed by atoms with Crippen LogP contribution in [-0.4, -0.2) is 32.9 Å². The summed E-state index contributed by atoms with van der Waals surface area (Å²) >= 11 is 6.20. The predicted molar refractivity (Wildman–Crippen MR) is 89.0 cm³/mol. The first-order chi connectivity index (χ1) is 11.1. The number of aliphatic hydroxyl groups excluding tert-OH is 1. The molecule has 0 radical (unpaired) electrons. The second-order valence-corrected chi connectivity index (χ2v) is 6.39. The van der Waals surface area contributed by atoms with Crippen molar-refractivity contribution in [2.75, 3.05) is 0 Å². The van der Waals surface area contributed by atoms with Crippen LogP contribution >= 0.6 is 11.6 Å². The Hall–Kier alpha value is -1.85. The Labute approximate surface area is 140 Å². The molecule has 1 aromatic heterocycles. The third-order valence-electron chi connectivity index (χ3n) is 4.37. The highest BCUT2D eigenvalue weighted by atomic mass is 35.5. The molecule has 0 bridgehead atoms. The number of hydrogen-bond acceptors (Lipinski definition) is 3. The number of aromatic nitrogens is 2. The maximum absolute atomic E-state index is 12.5. The van der Waals surface area contributed by atoms with Gasteiger partial charge < -0.3 is 10.4 Å². The number of amides is 1. The van der Waals surface area contributed by atoms with Crippen molar-refractivity contribution in [2.45, 2.75) is 44.8 Å². The van der Waals surface area contributed by atoms with Gasteiger partial charge in [-0.1, -0.05) is 23.7 Å². The molecule has 0 unspecified atom stereocenters. The van der Waals surface area contributed by atoms with E-state index >= 15 is 0 Å². The molecule has 3 rings (SSSR count). The van der Waals surface area contributed by atoms with Crippen molar-refractivity contribution in [1.82, 2.24) is 15.1 Å². The fraction of sp³-hybridized carbons (Fsp3) is 0.412. The highest BCUT2D eigenvalue weighted by Gasteiger charge is 2.23. The Morgan fingerprint density at radius 3 is 2.70 bits per heavy atom. The number of carbonyl (C=O) groups is 1. The van der Waals surface area contributed by atoms with Gasteiger partial charge in [0, 0.05) is 6.04 Å². The zero-order valence-corrected chi connectivity index (χ0v) is 13.8. The number of aliphatic hydroxyl groups is 1. The monoisotopic (exact) mass is 333 g/mol. The van der Waals surface area contributed by atoms with Crippen LogP contribution in [0.2, 0.25) is 5.02 Å². The topological polar surface area (TPSA) is 67.2 Å². The molecular formula is C17H20ClN3O2. The Balaban J connectivity index is 1.76. The Bertz CT molecular complexity index is 706.